The van der Waals surface area contributed by atoms with E-state index in [1.54, 1.807) is 0 Å². The third-order valence-electron chi connectivity index (χ3n) is 3.39. The van der Waals surface area contributed by atoms with Gasteiger partial charge >= 0.3 is 18.1 Å². The van der Waals surface area contributed by atoms with Crippen LogP contribution in [-0.2, 0) is 29.4 Å². The van der Waals surface area contributed by atoms with Crippen LogP contribution in [0.1, 0.15) is 18.9 Å². The van der Waals surface area contributed by atoms with E-state index in [1.165, 1.54) is 25.1 Å². The number of benzene rings is 1. The Morgan fingerprint density at radius 2 is 1.69 bits per heavy atom. The Morgan fingerprint density at radius 3 is 2.12 bits per heavy atom. The second-order valence-corrected chi connectivity index (χ2v) is 5.04. The molecule has 0 fully saturated rings. The van der Waals surface area contributed by atoms with Crippen LogP contribution in [0, 0.1) is 0 Å². The fraction of sp³-hybridized carbons (Fsp3) is 0.500. The highest BCUT2D eigenvalue weighted by atomic mass is 19.4. The Balaban J connectivity index is 3.22. The summed E-state index contributed by atoms with van der Waals surface area (Å²) in [6.07, 6.45) is -12.2. The van der Waals surface area contributed by atoms with Gasteiger partial charge in [-0.2, -0.15) is 13.2 Å². The van der Waals surface area contributed by atoms with Gasteiger partial charge in [-0.05, 0) is 6.92 Å². The average molecular weight is 384 g/mol. The van der Waals surface area contributed by atoms with E-state index in [-0.39, 0.29) is 6.61 Å². The lowest BCUT2D eigenvalue weighted by Crippen LogP contribution is -2.53. The molecule has 1 aromatic carbocycles. The lowest BCUT2D eigenvalue weighted by atomic mass is 9.92. The minimum Gasteiger partial charge on any atom is -0.466 e. The fourth-order valence-corrected chi connectivity index (χ4v) is 2.17. The average Bonchev–Trinajstić information content (AvgIpc) is 2.55. The summed E-state index contributed by atoms with van der Waals surface area (Å²) < 4.78 is 80.2. The number of hydrogen-bond donors (Lipinski definition) is 0. The number of methoxy groups -OCH3 is 1. The van der Waals surface area contributed by atoms with E-state index >= 15 is 0 Å². The predicted molar refractivity (Wildman–Crippen MR) is 78.3 cm³/mol. The number of alkyl halides is 5. The molecule has 146 valence electrons. The summed E-state index contributed by atoms with van der Waals surface area (Å²) >= 11 is 0. The molecule has 0 heterocycles. The zero-order valence-corrected chi connectivity index (χ0v) is 13.9. The molecule has 0 aromatic heterocycles. The molecule has 0 saturated carbocycles. The lowest BCUT2D eigenvalue weighted by Gasteiger charge is -2.33. The van der Waals surface area contributed by atoms with Crippen molar-refractivity contribution >= 4 is 11.9 Å². The van der Waals surface area contributed by atoms with Crippen molar-refractivity contribution in [3.63, 3.8) is 0 Å². The van der Waals surface area contributed by atoms with Crippen molar-refractivity contribution in [3.05, 3.63) is 35.9 Å². The molecule has 0 aliphatic heterocycles. The van der Waals surface area contributed by atoms with Crippen LogP contribution in [0.4, 0.5) is 22.0 Å². The van der Waals surface area contributed by atoms with Crippen LogP contribution in [-0.4, -0.2) is 44.4 Å². The van der Waals surface area contributed by atoms with Gasteiger partial charge in [-0.15, -0.1) is 0 Å². The minimum absolute atomic E-state index is 0.128. The molecule has 5 nitrogen and oxygen atoms in total. The smallest absolute Gasteiger partial charge is 0.432 e. The van der Waals surface area contributed by atoms with Crippen LogP contribution >= 0.6 is 0 Å². The maximum absolute atomic E-state index is 13.6. The number of esters is 2. The molecule has 26 heavy (non-hydrogen) atoms. The highest BCUT2D eigenvalue weighted by Crippen LogP contribution is 2.43. The quantitative estimate of drug-likeness (QED) is 0.509. The van der Waals surface area contributed by atoms with Gasteiger partial charge in [-0.1, -0.05) is 30.3 Å². The van der Waals surface area contributed by atoms with Gasteiger partial charge in [0.05, 0.1) is 13.0 Å². The maximum atomic E-state index is 13.6. The molecule has 0 unspecified atom stereocenters. The normalized spacial score (nSPS) is 15.2. The van der Waals surface area contributed by atoms with E-state index in [2.05, 4.69) is 14.2 Å². The van der Waals surface area contributed by atoms with Gasteiger partial charge in [0.1, 0.15) is 0 Å². The van der Waals surface area contributed by atoms with Crippen molar-refractivity contribution < 1.29 is 45.8 Å². The summed E-state index contributed by atoms with van der Waals surface area (Å²) in [7, 11) is 0.602. The van der Waals surface area contributed by atoms with Crippen LogP contribution < -0.4 is 0 Å². The van der Waals surface area contributed by atoms with Crippen molar-refractivity contribution in [3.8, 4) is 0 Å². The minimum atomic E-state index is -5.31. The molecule has 0 aliphatic carbocycles. The van der Waals surface area contributed by atoms with Gasteiger partial charge in [-0.3, -0.25) is 4.79 Å². The first-order valence-corrected chi connectivity index (χ1v) is 7.42. The Hall–Kier alpha value is -2.23. The van der Waals surface area contributed by atoms with Crippen LogP contribution in [0.2, 0.25) is 0 Å². The molecule has 1 aromatic rings. The van der Waals surface area contributed by atoms with Crippen LogP contribution in [0.3, 0.4) is 0 Å². The van der Waals surface area contributed by atoms with Gasteiger partial charge in [0.25, 0.3) is 12.0 Å². The van der Waals surface area contributed by atoms with Gasteiger partial charge < -0.3 is 14.2 Å². The number of carbonyl (C=O) groups is 2. The standard InChI is InChI=1S/C16H17F5O5/c1-3-25-12(22)9-11(13(17)18)26-14(23)15(24-2,16(19,20)21)10-7-5-4-6-8-10/h4-8,11,13H,3,9H2,1-2H3/t11-,15+/m1/s1. The second-order valence-electron chi connectivity index (χ2n) is 5.04. The Kier molecular flexibility index (Phi) is 7.49. The van der Waals surface area contributed by atoms with Crippen molar-refractivity contribution in [2.75, 3.05) is 13.7 Å². The monoisotopic (exact) mass is 384 g/mol. The molecule has 1 rings (SSSR count). The molecule has 2 atom stereocenters. The molecular weight excluding hydrogens is 367 g/mol. The maximum Gasteiger partial charge on any atom is 0.432 e. The molecule has 0 radical (unpaired) electrons. The number of halogens is 5. The third kappa shape index (κ3) is 4.69. The van der Waals surface area contributed by atoms with E-state index in [9.17, 15) is 31.5 Å². The molecule has 0 N–H and O–H groups in total. The number of ether oxygens (including phenoxy) is 3. The predicted octanol–water partition coefficient (Wildman–Crippen LogP) is 3.22. The Labute approximate surface area is 146 Å². The molecule has 0 saturated heterocycles. The van der Waals surface area contributed by atoms with Crippen molar-refractivity contribution in [2.24, 2.45) is 0 Å². The topological polar surface area (TPSA) is 61.8 Å². The van der Waals surface area contributed by atoms with E-state index in [4.69, 9.17) is 0 Å². The highest BCUT2D eigenvalue weighted by molar-refractivity contribution is 5.83. The zero-order chi connectivity index (χ0) is 20.0. The van der Waals surface area contributed by atoms with Gasteiger partial charge in [0.2, 0.25) is 0 Å². The zero-order valence-electron chi connectivity index (χ0n) is 13.9. The first-order valence-electron chi connectivity index (χ1n) is 7.42. The summed E-state index contributed by atoms with van der Waals surface area (Å²) in [6.45, 7) is 1.29. The van der Waals surface area contributed by atoms with Crippen molar-refractivity contribution in [2.45, 2.75) is 37.7 Å². The van der Waals surface area contributed by atoms with Gasteiger partial charge in [-0.25, -0.2) is 13.6 Å². The van der Waals surface area contributed by atoms with Crippen molar-refractivity contribution in [1.29, 1.82) is 0 Å². The van der Waals surface area contributed by atoms with Crippen LogP contribution in [0.25, 0.3) is 0 Å². The molecule has 0 spiro atoms. The second kappa shape index (κ2) is 8.93. The van der Waals surface area contributed by atoms with Gasteiger partial charge in [0, 0.05) is 12.7 Å². The van der Waals surface area contributed by atoms with Crippen molar-refractivity contribution in [1.82, 2.24) is 0 Å². The van der Waals surface area contributed by atoms with Gasteiger partial charge in [0.15, 0.2) is 6.10 Å². The van der Waals surface area contributed by atoms with Crippen LogP contribution in [0.5, 0.6) is 0 Å². The summed E-state index contributed by atoms with van der Waals surface area (Å²) in [6, 6.07) is 5.72. The Bertz CT molecular complexity index is 605. The number of rotatable bonds is 8. The number of carbonyl (C=O) groups excluding carboxylic acids is 2. The first kappa shape index (κ1) is 21.8. The molecular formula is C16H17F5O5. The van der Waals surface area contributed by atoms with E-state index in [0.29, 0.717) is 7.11 Å². The first-order chi connectivity index (χ1) is 12.1. The number of hydrogen-bond acceptors (Lipinski definition) is 5. The van der Waals surface area contributed by atoms with E-state index in [0.717, 1.165) is 12.1 Å². The fourth-order valence-electron chi connectivity index (χ4n) is 2.17. The molecule has 0 amide bonds. The lowest BCUT2D eigenvalue weighted by molar-refractivity contribution is -0.280. The summed E-state index contributed by atoms with van der Waals surface area (Å²) in [4.78, 5) is 23.6. The molecule has 0 bridgehead atoms. The SMILES string of the molecule is CCOC(=O)C[C@@H](OC(=O)[C@@](OC)(c1ccccc1)C(F)(F)F)C(F)F. The molecule has 10 heteroatoms. The largest absolute Gasteiger partial charge is 0.466 e. The summed E-state index contributed by atoms with van der Waals surface area (Å²) in [5.74, 6) is -3.24. The highest BCUT2D eigenvalue weighted by Gasteiger charge is 2.64. The van der Waals surface area contributed by atoms with Crippen LogP contribution in [0.15, 0.2) is 30.3 Å². The summed E-state index contributed by atoms with van der Waals surface area (Å²) in [5, 5.41) is 0. The summed E-state index contributed by atoms with van der Waals surface area (Å²) in [5.41, 5.74) is -4.26. The van der Waals surface area contributed by atoms with E-state index < -0.39 is 48.2 Å². The third-order valence-corrected chi connectivity index (χ3v) is 3.39. The Morgan fingerprint density at radius 1 is 1.12 bits per heavy atom. The molecule has 0 aliphatic rings. The van der Waals surface area contributed by atoms with E-state index in [1.807, 2.05) is 0 Å².